The predicted octanol–water partition coefficient (Wildman–Crippen LogP) is 2.01. The topological polar surface area (TPSA) is 96.2 Å². The number of aliphatic hydroxyl groups excluding tert-OH is 1. The number of aliphatic hydroxyl groups is 1. The predicted molar refractivity (Wildman–Crippen MR) is 89.1 cm³/mol. The smallest absolute Gasteiger partial charge is 0.410 e. The Labute approximate surface area is 140 Å². The zero-order valence-corrected chi connectivity index (χ0v) is 14.1. The minimum Gasteiger partial charge on any atom is -0.444 e. The molecule has 24 heavy (non-hydrogen) atoms. The molecule has 1 fully saturated rings. The number of non-ortho nitro benzene ring substituents is 1. The number of nitrogens with zero attached hydrogens (tertiary/aromatic N) is 3. The highest BCUT2D eigenvalue weighted by Gasteiger charge is 2.33. The van der Waals surface area contributed by atoms with Crippen LogP contribution in [0.1, 0.15) is 20.8 Å². The van der Waals surface area contributed by atoms with Crippen molar-refractivity contribution >= 4 is 17.5 Å². The van der Waals surface area contributed by atoms with Crippen molar-refractivity contribution in [2.45, 2.75) is 32.4 Å². The number of nitro benzene ring substituents is 1. The largest absolute Gasteiger partial charge is 0.444 e. The molecular formula is C16H23N3O5. The van der Waals surface area contributed by atoms with E-state index in [4.69, 9.17) is 4.74 Å². The molecule has 0 spiro atoms. The summed E-state index contributed by atoms with van der Waals surface area (Å²) in [5, 5.41) is 20.3. The highest BCUT2D eigenvalue weighted by atomic mass is 16.6. The van der Waals surface area contributed by atoms with Gasteiger partial charge in [0.15, 0.2) is 0 Å². The fraction of sp³-hybridized carbons (Fsp3) is 0.562. The Bertz CT molecular complexity index is 597. The van der Waals surface area contributed by atoms with Crippen LogP contribution in [0.2, 0.25) is 0 Å². The number of anilines is 1. The summed E-state index contributed by atoms with van der Waals surface area (Å²) in [5.41, 5.74) is 0.264. The van der Waals surface area contributed by atoms with Gasteiger partial charge in [0, 0.05) is 37.5 Å². The summed E-state index contributed by atoms with van der Waals surface area (Å²) in [6, 6.07) is 5.86. The number of hydrogen-bond acceptors (Lipinski definition) is 6. The van der Waals surface area contributed by atoms with Gasteiger partial charge in [0.2, 0.25) is 0 Å². The number of hydrogen-bond donors (Lipinski definition) is 1. The average molecular weight is 337 g/mol. The first-order valence-corrected chi connectivity index (χ1v) is 7.81. The average Bonchev–Trinajstić information content (AvgIpc) is 2.52. The van der Waals surface area contributed by atoms with Crippen LogP contribution in [0.25, 0.3) is 0 Å². The van der Waals surface area contributed by atoms with Crippen molar-refractivity contribution in [2.24, 2.45) is 0 Å². The van der Waals surface area contributed by atoms with Gasteiger partial charge in [0.1, 0.15) is 5.60 Å². The first kappa shape index (κ1) is 18.0. The number of carbonyl (C=O) groups excluding carboxylic acids is 1. The number of piperazine rings is 1. The van der Waals surface area contributed by atoms with Crippen LogP contribution in [0.3, 0.4) is 0 Å². The Balaban J connectivity index is 2.06. The Morgan fingerprint density at radius 3 is 2.46 bits per heavy atom. The third-order valence-corrected chi connectivity index (χ3v) is 3.75. The molecule has 0 aromatic heterocycles. The molecular weight excluding hydrogens is 314 g/mol. The molecule has 1 aliphatic heterocycles. The van der Waals surface area contributed by atoms with Crippen LogP contribution in [-0.2, 0) is 4.74 Å². The van der Waals surface area contributed by atoms with Crippen LogP contribution in [0.4, 0.5) is 16.2 Å². The first-order chi connectivity index (χ1) is 11.2. The van der Waals surface area contributed by atoms with E-state index in [-0.39, 0.29) is 18.3 Å². The van der Waals surface area contributed by atoms with Crippen molar-refractivity contribution in [2.75, 3.05) is 31.1 Å². The quantitative estimate of drug-likeness (QED) is 0.669. The maximum absolute atomic E-state index is 12.2. The molecule has 0 aliphatic carbocycles. The van der Waals surface area contributed by atoms with Gasteiger partial charge in [0.05, 0.1) is 17.6 Å². The lowest BCUT2D eigenvalue weighted by molar-refractivity contribution is -0.384. The lowest BCUT2D eigenvalue weighted by atomic mass is 10.1. The van der Waals surface area contributed by atoms with Crippen LogP contribution < -0.4 is 4.90 Å². The summed E-state index contributed by atoms with van der Waals surface area (Å²) in [6.07, 6.45) is -0.440. The lowest BCUT2D eigenvalue weighted by Gasteiger charge is -2.41. The van der Waals surface area contributed by atoms with Crippen molar-refractivity contribution in [3.63, 3.8) is 0 Å². The number of ether oxygens (including phenoxy) is 1. The summed E-state index contributed by atoms with van der Waals surface area (Å²) < 4.78 is 5.37. The summed E-state index contributed by atoms with van der Waals surface area (Å²) in [4.78, 5) is 26.0. The van der Waals surface area contributed by atoms with E-state index in [2.05, 4.69) is 0 Å². The summed E-state index contributed by atoms with van der Waals surface area (Å²) in [6.45, 7) is 6.63. The molecule has 8 heteroatoms. The van der Waals surface area contributed by atoms with E-state index < -0.39 is 16.6 Å². The Morgan fingerprint density at radius 2 is 1.96 bits per heavy atom. The van der Waals surface area contributed by atoms with Crippen molar-refractivity contribution in [1.29, 1.82) is 0 Å². The molecule has 1 amide bonds. The fourth-order valence-corrected chi connectivity index (χ4v) is 2.59. The lowest BCUT2D eigenvalue weighted by Crippen LogP contribution is -2.57. The van der Waals surface area contributed by atoms with Gasteiger partial charge >= 0.3 is 6.09 Å². The molecule has 1 aromatic rings. The van der Waals surface area contributed by atoms with E-state index in [1.165, 1.54) is 17.0 Å². The van der Waals surface area contributed by atoms with E-state index in [1.807, 2.05) is 4.90 Å². The van der Waals surface area contributed by atoms with E-state index in [9.17, 15) is 20.0 Å². The molecule has 8 nitrogen and oxygen atoms in total. The SMILES string of the molecule is CC(C)(C)OC(=O)N1CCN(c2ccc([N+](=O)[O-])cc2)C[C@@H]1CO. The molecule has 0 bridgehead atoms. The van der Waals surface area contributed by atoms with Gasteiger partial charge < -0.3 is 14.7 Å². The van der Waals surface area contributed by atoms with Crippen molar-refractivity contribution in [3.8, 4) is 0 Å². The van der Waals surface area contributed by atoms with Crippen LogP contribution in [0, 0.1) is 10.1 Å². The Kier molecular flexibility index (Phi) is 5.28. The van der Waals surface area contributed by atoms with Gasteiger partial charge in [-0.1, -0.05) is 0 Å². The van der Waals surface area contributed by atoms with Gasteiger partial charge in [-0.05, 0) is 32.9 Å². The first-order valence-electron chi connectivity index (χ1n) is 7.81. The second kappa shape index (κ2) is 7.04. The molecule has 1 N–H and O–H groups in total. The molecule has 0 unspecified atom stereocenters. The van der Waals surface area contributed by atoms with Gasteiger partial charge in [0.25, 0.3) is 5.69 Å². The van der Waals surface area contributed by atoms with Gasteiger partial charge in [-0.3, -0.25) is 15.0 Å². The van der Waals surface area contributed by atoms with E-state index >= 15 is 0 Å². The van der Waals surface area contributed by atoms with Crippen LogP contribution in [-0.4, -0.2) is 58.9 Å². The second-order valence-corrected chi connectivity index (χ2v) is 6.73. The Morgan fingerprint density at radius 1 is 1.33 bits per heavy atom. The molecule has 1 saturated heterocycles. The maximum atomic E-state index is 12.2. The van der Waals surface area contributed by atoms with E-state index in [0.29, 0.717) is 19.6 Å². The third kappa shape index (κ3) is 4.35. The zero-order valence-electron chi connectivity index (χ0n) is 14.1. The summed E-state index contributed by atoms with van der Waals surface area (Å²) in [5.74, 6) is 0. The van der Waals surface area contributed by atoms with Crippen molar-refractivity contribution < 1.29 is 19.6 Å². The van der Waals surface area contributed by atoms with Crippen LogP contribution >= 0.6 is 0 Å². The molecule has 1 heterocycles. The highest BCUT2D eigenvalue weighted by molar-refractivity contribution is 5.69. The minimum atomic E-state index is -0.591. The number of carbonyl (C=O) groups is 1. The molecule has 1 aliphatic rings. The molecule has 0 radical (unpaired) electrons. The van der Waals surface area contributed by atoms with E-state index in [1.54, 1.807) is 32.9 Å². The van der Waals surface area contributed by atoms with Gasteiger partial charge in [-0.25, -0.2) is 4.79 Å². The van der Waals surface area contributed by atoms with Crippen LogP contribution in [0.15, 0.2) is 24.3 Å². The van der Waals surface area contributed by atoms with Crippen molar-refractivity contribution in [1.82, 2.24) is 4.90 Å². The second-order valence-electron chi connectivity index (χ2n) is 6.73. The molecule has 132 valence electrons. The number of amides is 1. The molecule has 1 atom stereocenters. The highest BCUT2D eigenvalue weighted by Crippen LogP contribution is 2.23. The van der Waals surface area contributed by atoms with E-state index in [0.717, 1.165) is 5.69 Å². The van der Waals surface area contributed by atoms with Gasteiger partial charge in [-0.2, -0.15) is 0 Å². The Hall–Kier alpha value is -2.35. The normalized spacial score (nSPS) is 18.4. The fourth-order valence-electron chi connectivity index (χ4n) is 2.59. The summed E-state index contributed by atoms with van der Waals surface area (Å²) in [7, 11) is 0. The standard InChI is InChI=1S/C16H23N3O5/c1-16(2,3)24-15(21)18-9-8-17(10-14(18)11-20)12-4-6-13(7-5-12)19(22)23/h4-7,14,20H,8-11H2,1-3H3/t14-/m1/s1. The number of nitro groups is 1. The zero-order chi connectivity index (χ0) is 17.9. The number of rotatable bonds is 3. The molecule has 0 saturated carbocycles. The molecule has 2 rings (SSSR count). The van der Waals surface area contributed by atoms with Crippen molar-refractivity contribution in [3.05, 3.63) is 34.4 Å². The summed E-state index contributed by atoms with van der Waals surface area (Å²) >= 11 is 0. The third-order valence-electron chi connectivity index (χ3n) is 3.75. The molecule has 1 aromatic carbocycles. The van der Waals surface area contributed by atoms with Crippen LogP contribution in [0.5, 0.6) is 0 Å². The maximum Gasteiger partial charge on any atom is 0.410 e. The van der Waals surface area contributed by atoms with Gasteiger partial charge in [-0.15, -0.1) is 0 Å². The monoisotopic (exact) mass is 337 g/mol. The minimum absolute atomic E-state index is 0.0323. The number of benzene rings is 1.